The number of aromatic nitrogens is 2. The van der Waals surface area contributed by atoms with Crippen LogP contribution < -0.4 is 14.8 Å². The highest BCUT2D eigenvalue weighted by Crippen LogP contribution is 2.36. The van der Waals surface area contributed by atoms with Crippen LogP contribution in [-0.2, 0) is 4.79 Å². The van der Waals surface area contributed by atoms with Gasteiger partial charge in [-0.3, -0.25) is 15.1 Å². The third-order valence-electron chi connectivity index (χ3n) is 3.19. The van der Waals surface area contributed by atoms with Gasteiger partial charge in [0, 0.05) is 5.75 Å². The van der Waals surface area contributed by atoms with E-state index in [1.165, 1.54) is 23.1 Å². The van der Waals surface area contributed by atoms with Crippen LogP contribution in [-0.4, -0.2) is 52.8 Å². The maximum absolute atomic E-state index is 12.0. The van der Waals surface area contributed by atoms with Crippen molar-refractivity contribution >= 4 is 50.3 Å². The molecule has 1 N–H and O–H groups in total. The van der Waals surface area contributed by atoms with Gasteiger partial charge in [-0.25, -0.2) is 0 Å². The van der Waals surface area contributed by atoms with Crippen LogP contribution >= 0.6 is 34.9 Å². The van der Waals surface area contributed by atoms with E-state index in [0.717, 1.165) is 22.2 Å². The summed E-state index contributed by atoms with van der Waals surface area (Å²) in [5.74, 6) is 2.54. The number of carbonyl (C=O) groups excluding carboxylic acids is 1. The highest BCUT2D eigenvalue weighted by Gasteiger charge is 2.15. The van der Waals surface area contributed by atoms with E-state index < -0.39 is 0 Å². The Hall–Kier alpha value is -1.78. The average molecular weight is 397 g/mol. The summed E-state index contributed by atoms with van der Waals surface area (Å²) < 4.78 is 11.6. The molecule has 10 heteroatoms. The van der Waals surface area contributed by atoms with E-state index in [1.54, 1.807) is 26.0 Å². The fourth-order valence-electron chi connectivity index (χ4n) is 2.05. The first kappa shape index (κ1) is 18.0. The topological polar surface area (TPSA) is 85.7 Å². The third kappa shape index (κ3) is 4.65. The number of rotatable bonds is 6. The van der Waals surface area contributed by atoms with Gasteiger partial charge >= 0.3 is 0 Å². The van der Waals surface area contributed by atoms with Crippen LogP contribution in [0.2, 0.25) is 0 Å². The summed E-state index contributed by atoms with van der Waals surface area (Å²) in [4.78, 5) is 16.3. The molecule has 1 aliphatic rings. The predicted molar refractivity (Wildman–Crippen MR) is 104 cm³/mol. The molecule has 25 heavy (non-hydrogen) atoms. The Kier molecular flexibility index (Phi) is 6.16. The van der Waals surface area contributed by atoms with Crippen LogP contribution in [0.1, 0.15) is 0 Å². The lowest BCUT2D eigenvalue weighted by atomic mass is 10.2. The maximum atomic E-state index is 12.0. The van der Waals surface area contributed by atoms with Gasteiger partial charge in [0.15, 0.2) is 5.01 Å². The normalized spacial score (nSPS) is 13.4. The zero-order chi connectivity index (χ0) is 17.6. The van der Waals surface area contributed by atoms with Crippen LogP contribution in [0.25, 0.3) is 10.6 Å². The summed E-state index contributed by atoms with van der Waals surface area (Å²) in [6.45, 7) is 0.830. The van der Waals surface area contributed by atoms with Crippen LogP contribution in [0, 0.1) is 0 Å². The predicted octanol–water partition coefficient (Wildman–Crippen LogP) is 3.00. The molecule has 0 aliphatic carbocycles. The number of ether oxygens (including phenoxy) is 2. The minimum atomic E-state index is -0.125. The van der Waals surface area contributed by atoms with Crippen LogP contribution in [0.4, 0.5) is 5.13 Å². The third-order valence-corrected chi connectivity index (χ3v) is 6.32. The molecular weight excluding hydrogens is 380 g/mol. The molecule has 0 fully saturated rings. The molecule has 1 aliphatic heterocycles. The molecule has 132 valence electrons. The molecule has 1 amide bonds. The van der Waals surface area contributed by atoms with Crippen molar-refractivity contribution in [1.29, 1.82) is 0 Å². The molecule has 1 aromatic heterocycles. The standard InChI is InChI=1S/C15H16N4O3S3/c1-21-9-3-4-11(22-2)10(7-9)13-18-19-14(25-13)17-12(20)8-24-15-16-5-6-23-15/h3-4,7H,5-6,8H2,1-2H3,(H,17,19,20). The number of nitrogens with zero attached hydrogens (tertiary/aromatic N) is 3. The van der Waals surface area contributed by atoms with Gasteiger partial charge in [0.05, 0.1) is 32.1 Å². The molecule has 0 unspecified atom stereocenters. The van der Waals surface area contributed by atoms with Crippen molar-refractivity contribution in [2.45, 2.75) is 0 Å². The first-order valence-electron chi connectivity index (χ1n) is 7.35. The number of benzene rings is 1. The Balaban J connectivity index is 1.66. The second-order valence-corrected chi connectivity index (χ2v) is 8.10. The summed E-state index contributed by atoms with van der Waals surface area (Å²) in [6, 6.07) is 5.45. The number of nitrogens with one attached hydrogen (secondary N) is 1. The van der Waals surface area contributed by atoms with Crippen LogP contribution in [0.15, 0.2) is 23.2 Å². The number of anilines is 1. The molecule has 0 radical (unpaired) electrons. The average Bonchev–Trinajstić information content (AvgIpc) is 3.31. The second kappa shape index (κ2) is 8.54. The minimum absolute atomic E-state index is 0.125. The number of hydrogen-bond donors (Lipinski definition) is 1. The first-order valence-corrected chi connectivity index (χ1v) is 10.1. The van der Waals surface area contributed by atoms with Crippen molar-refractivity contribution < 1.29 is 14.3 Å². The Bertz CT molecular complexity index is 794. The quantitative estimate of drug-likeness (QED) is 0.803. The number of hydrogen-bond acceptors (Lipinski definition) is 9. The van der Waals surface area contributed by atoms with Crippen LogP contribution in [0.3, 0.4) is 0 Å². The second-order valence-electron chi connectivity index (χ2n) is 4.81. The smallest absolute Gasteiger partial charge is 0.236 e. The lowest BCUT2D eigenvalue weighted by Crippen LogP contribution is -2.14. The van der Waals surface area contributed by atoms with E-state index in [9.17, 15) is 4.79 Å². The molecule has 0 atom stereocenters. The van der Waals surface area contributed by atoms with E-state index in [2.05, 4.69) is 20.5 Å². The molecule has 3 rings (SSSR count). The van der Waals surface area contributed by atoms with E-state index in [1.807, 2.05) is 18.2 Å². The largest absolute Gasteiger partial charge is 0.497 e. The van der Waals surface area contributed by atoms with Gasteiger partial charge in [-0.15, -0.1) is 10.2 Å². The van der Waals surface area contributed by atoms with Crippen molar-refractivity contribution in [1.82, 2.24) is 10.2 Å². The summed E-state index contributed by atoms with van der Waals surface area (Å²) in [5, 5.41) is 12.1. The molecule has 0 saturated heterocycles. The lowest BCUT2D eigenvalue weighted by Gasteiger charge is -2.07. The van der Waals surface area contributed by atoms with Crippen molar-refractivity contribution in [3.63, 3.8) is 0 Å². The molecule has 0 spiro atoms. The molecule has 1 aromatic carbocycles. The Morgan fingerprint density at radius 1 is 1.32 bits per heavy atom. The van der Waals surface area contributed by atoms with Gasteiger partial charge in [0.2, 0.25) is 11.0 Å². The maximum Gasteiger partial charge on any atom is 0.236 e. The van der Waals surface area contributed by atoms with Gasteiger partial charge < -0.3 is 9.47 Å². The van der Waals surface area contributed by atoms with Gasteiger partial charge in [0.1, 0.15) is 15.9 Å². The fourth-order valence-corrected chi connectivity index (χ4v) is 4.64. The summed E-state index contributed by atoms with van der Waals surface area (Å²) >= 11 is 4.41. The van der Waals surface area contributed by atoms with Crippen molar-refractivity contribution in [3.05, 3.63) is 18.2 Å². The van der Waals surface area contributed by atoms with Crippen molar-refractivity contribution in [3.8, 4) is 22.1 Å². The number of carbonyl (C=O) groups is 1. The Labute approximate surface area is 157 Å². The summed E-state index contributed by atoms with van der Waals surface area (Å²) in [5.41, 5.74) is 0.769. The van der Waals surface area contributed by atoms with Gasteiger partial charge in [-0.2, -0.15) is 0 Å². The van der Waals surface area contributed by atoms with Crippen molar-refractivity contribution in [2.24, 2.45) is 4.99 Å². The minimum Gasteiger partial charge on any atom is -0.497 e. The Morgan fingerprint density at radius 2 is 2.20 bits per heavy atom. The Morgan fingerprint density at radius 3 is 2.92 bits per heavy atom. The SMILES string of the molecule is COc1ccc(OC)c(-c2nnc(NC(=O)CSC3=NCCS3)s2)c1. The van der Waals surface area contributed by atoms with E-state index >= 15 is 0 Å². The number of aliphatic imine (C=N–C) groups is 1. The monoisotopic (exact) mass is 396 g/mol. The highest BCUT2D eigenvalue weighted by molar-refractivity contribution is 8.39. The molecule has 0 saturated carbocycles. The van der Waals surface area contributed by atoms with E-state index in [4.69, 9.17) is 9.47 Å². The molecule has 2 aromatic rings. The molecule has 2 heterocycles. The fraction of sp³-hybridized carbons (Fsp3) is 0.333. The van der Waals surface area contributed by atoms with Crippen LogP contribution in [0.5, 0.6) is 11.5 Å². The molecular formula is C15H16N4O3S3. The summed E-state index contributed by atoms with van der Waals surface area (Å²) in [6.07, 6.45) is 0. The molecule has 7 nitrogen and oxygen atoms in total. The van der Waals surface area contributed by atoms with Gasteiger partial charge in [-0.1, -0.05) is 34.9 Å². The number of amides is 1. The summed E-state index contributed by atoms with van der Waals surface area (Å²) in [7, 11) is 3.19. The first-order chi connectivity index (χ1) is 12.2. The lowest BCUT2D eigenvalue weighted by molar-refractivity contribution is -0.113. The van der Waals surface area contributed by atoms with Gasteiger partial charge in [0.25, 0.3) is 0 Å². The zero-order valence-electron chi connectivity index (χ0n) is 13.6. The van der Waals surface area contributed by atoms with E-state index in [0.29, 0.717) is 27.4 Å². The molecule has 0 bridgehead atoms. The highest BCUT2D eigenvalue weighted by atomic mass is 32.2. The van der Waals surface area contributed by atoms with Crippen molar-refractivity contribution in [2.75, 3.05) is 37.6 Å². The van der Waals surface area contributed by atoms with E-state index in [-0.39, 0.29) is 5.91 Å². The number of thioether (sulfide) groups is 2. The van der Waals surface area contributed by atoms with Gasteiger partial charge in [-0.05, 0) is 18.2 Å². The zero-order valence-corrected chi connectivity index (χ0v) is 16.1. The number of methoxy groups -OCH3 is 2.